The maximum absolute atomic E-state index is 13.3. The van der Waals surface area contributed by atoms with Crippen LogP contribution in [0.4, 0.5) is 10.6 Å². The Morgan fingerprint density at radius 2 is 1.75 bits per heavy atom. The summed E-state index contributed by atoms with van der Waals surface area (Å²) in [6, 6.07) is 18.8. The number of rotatable bonds is 10. The molecule has 0 saturated carbocycles. The van der Waals surface area contributed by atoms with Gasteiger partial charge in [-0.25, -0.2) is 4.79 Å². The molecule has 3 N–H and O–H groups in total. The Hall–Kier alpha value is -3.73. The average Bonchev–Trinajstić information content (AvgIpc) is 3.52. The number of alkyl halides is 1. The fourth-order valence-corrected chi connectivity index (χ4v) is 5.04. The number of nitrogens with one attached hydrogen (secondary N) is 3. The number of fused-ring (bicyclic) bond motifs is 1. The Morgan fingerprint density at radius 1 is 1.05 bits per heavy atom. The van der Waals surface area contributed by atoms with Crippen LogP contribution in [-0.2, 0) is 16.8 Å². The molecule has 2 aromatic carbocycles. The lowest BCUT2D eigenvalue weighted by Crippen LogP contribution is -2.40. The van der Waals surface area contributed by atoms with E-state index in [-0.39, 0.29) is 24.2 Å². The van der Waals surface area contributed by atoms with E-state index in [1.807, 2.05) is 56.3 Å². The highest BCUT2D eigenvalue weighted by molar-refractivity contribution is 7.20. The zero-order valence-electron chi connectivity index (χ0n) is 22.8. The van der Waals surface area contributed by atoms with Crippen LogP contribution < -0.4 is 16.0 Å². The Balaban J connectivity index is 1.60. The van der Waals surface area contributed by atoms with E-state index in [9.17, 15) is 14.4 Å². The van der Waals surface area contributed by atoms with Crippen LogP contribution in [-0.4, -0.2) is 46.2 Å². The SMILES string of the molecule is CC(C)NCc1ccc(C(=O)Nc2nn(C(=O)OCCCl)c3sc(C(=O)NC(C)(C)c4ccccc4)cc23)cc1. The van der Waals surface area contributed by atoms with Crippen molar-refractivity contribution < 1.29 is 19.1 Å². The van der Waals surface area contributed by atoms with Crippen LogP contribution in [0.3, 0.4) is 0 Å². The molecule has 9 nitrogen and oxygen atoms in total. The summed E-state index contributed by atoms with van der Waals surface area (Å²) in [5.74, 6) is -0.453. The molecule has 0 unspecified atom stereocenters. The maximum atomic E-state index is 13.3. The summed E-state index contributed by atoms with van der Waals surface area (Å²) in [7, 11) is 0. The second-order valence-corrected chi connectivity index (χ2v) is 11.4. The van der Waals surface area contributed by atoms with E-state index in [4.69, 9.17) is 16.3 Å². The summed E-state index contributed by atoms with van der Waals surface area (Å²) in [5, 5.41) is 13.9. The van der Waals surface area contributed by atoms with Gasteiger partial charge in [0.25, 0.3) is 11.8 Å². The minimum atomic E-state index is -0.758. The van der Waals surface area contributed by atoms with Crippen LogP contribution in [0.25, 0.3) is 10.2 Å². The molecule has 4 aromatic rings. The summed E-state index contributed by atoms with van der Waals surface area (Å²) in [4.78, 5) is 39.8. The highest BCUT2D eigenvalue weighted by atomic mass is 35.5. The van der Waals surface area contributed by atoms with Gasteiger partial charge in [0.05, 0.1) is 21.7 Å². The number of hydrogen-bond donors (Lipinski definition) is 3. The molecule has 2 amide bonds. The van der Waals surface area contributed by atoms with Gasteiger partial charge < -0.3 is 20.7 Å². The van der Waals surface area contributed by atoms with Crippen molar-refractivity contribution in [2.24, 2.45) is 0 Å². The summed E-state index contributed by atoms with van der Waals surface area (Å²) in [6.45, 7) is 8.64. The first-order valence-electron chi connectivity index (χ1n) is 12.9. The second-order valence-electron chi connectivity index (χ2n) is 10.0. The molecule has 0 saturated heterocycles. The highest BCUT2D eigenvalue weighted by Gasteiger charge is 2.27. The van der Waals surface area contributed by atoms with Crippen molar-refractivity contribution in [3.8, 4) is 0 Å². The number of carbonyl (C=O) groups excluding carboxylic acids is 3. The van der Waals surface area contributed by atoms with Crippen molar-refractivity contribution in [3.05, 3.63) is 82.2 Å². The number of thiophene rings is 1. The Labute approximate surface area is 241 Å². The van der Waals surface area contributed by atoms with Crippen LogP contribution in [0.15, 0.2) is 60.7 Å². The Kier molecular flexibility index (Phi) is 9.24. The van der Waals surface area contributed by atoms with E-state index >= 15 is 0 Å². The van der Waals surface area contributed by atoms with Crippen molar-refractivity contribution >= 4 is 56.9 Å². The largest absolute Gasteiger partial charge is 0.447 e. The molecule has 11 heteroatoms. The van der Waals surface area contributed by atoms with E-state index in [0.717, 1.165) is 27.1 Å². The molecule has 0 atom stereocenters. The van der Waals surface area contributed by atoms with Crippen LogP contribution in [0.1, 0.15) is 58.9 Å². The number of nitrogens with zero attached hydrogens (tertiary/aromatic N) is 2. The van der Waals surface area contributed by atoms with Gasteiger partial charge in [0.15, 0.2) is 5.82 Å². The molecule has 0 aliphatic carbocycles. The van der Waals surface area contributed by atoms with Gasteiger partial charge >= 0.3 is 6.09 Å². The number of halogens is 1. The molecule has 0 aliphatic rings. The predicted molar refractivity (Wildman–Crippen MR) is 158 cm³/mol. The molecule has 0 fully saturated rings. The van der Waals surface area contributed by atoms with Crippen LogP contribution in [0.5, 0.6) is 0 Å². The second kappa shape index (κ2) is 12.6. The molecular weight excluding hydrogens is 550 g/mol. The quantitative estimate of drug-likeness (QED) is 0.206. The maximum Gasteiger partial charge on any atom is 0.436 e. The molecular formula is C29H32ClN5O4S. The lowest BCUT2D eigenvalue weighted by Gasteiger charge is -2.26. The lowest BCUT2D eigenvalue weighted by molar-refractivity contribution is 0.0915. The van der Waals surface area contributed by atoms with Gasteiger partial charge in [-0.3, -0.25) is 9.59 Å². The van der Waals surface area contributed by atoms with Gasteiger partial charge in [-0.1, -0.05) is 56.3 Å². The normalized spacial score (nSPS) is 11.6. The number of aromatic nitrogens is 2. The van der Waals surface area contributed by atoms with Crippen molar-refractivity contribution in [2.45, 2.75) is 45.8 Å². The average molecular weight is 582 g/mol. The summed E-state index contributed by atoms with van der Waals surface area (Å²) < 4.78 is 6.21. The first-order chi connectivity index (χ1) is 19.1. The number of benzene rings is 2. The van der Waals surface area contributed by atoms with Crippen LogP contribution in [0, 0.1) is 0 Å². The number of hydrogen-bond acceptors (Lipinski definition) is 7. The van der Waals surface area contributed by atoms with Gasteiger partial charge in [-0.2, -0.15) is 4.68 Å². The third-order valence-corrected chi connectivity index (χ3v) is 7.41. The molecule has 0 radical (unpaired) electrons. The van der Waals surface area contributed by atoms with E-state index in [1.54, 1.807) is 18.2 Å². The van der Waals surface area contributed by atoms with Gasteiger partial charge in [-0.05, 0) is 43.2 Å². The molecule has 2 heterocycles. The van der Waals surface area contributed by atoms with Crippen molar-refractivity contribution in [1.82, 2.24) is 20.4 Å². The van der Waals surface area contributed by atoms with Crippen molar-refractivity contribution in [1.29, 1.82) is 0 Å². The van der Waals surface area contributed by atoms with Crippen LogP contribution in [0.2, 0.25) is 0 Å². The highest BCUT2D eigenvalue weighted by Crippen LogP contribution is 2.33. The number of ether oxygens (including phenoxy) is 1. The van der Waals surface area contributed by atoms with Gasteiger partial charge in [0.1, 0.15) is 11.4 Å². The molecule has 0 spiro atoms. The van der Waals surface area contributed by atoms with Crippen molar-refractivity contribution in [2.75, 3.05) is 17.8 Å². The molecule has 0 aliphatic heterocycles. The molecule has 2 aromatic heterocycles. The predicted octanol–water partition coefficient (Wildman–Crippen LogP) is 5.74. The number of anilines is 1. The van der Waals surface area contributed by atoms with Crippen LogP contribution >= 0.6 is 22.9 Å². The third kappa shape index (κ3) is 6.88. The minimum Gasteiger partial charge on any atom is -0.447 e. The van der Waals surface area contributed by atoms with E-state index in [0.29, 0.717) is 33.2 Å². The Morgan fingerprint density at radius 3 is 2.40 bits per heavy atom. The van der Waals surface area contributed by atoms with Gasteiger partial charge in [0.2, 0.25) is 0 Å². The lowest BCUT2D eigenvalue weighted by atomic mass is 9.94. The zero-order valence-corrected chi connectivity index (χ0v) is 24.4. The standard InChI is InChI=1S/C29H32ClN5O4S/c1-18(2)31-17-19-10-12-20(13-11-19)25(36)32-24-22-16-23(40-27(22)35(34-24)28(38)39-15-14-30)26(37)33-29(3,4)21-8-6-5-7-9-21/h5-13,16,18,31H,14-15,17H2,1-4H3,(H,33,37)(H,32,34,36). The van der Waals surface area contributed by atoms with E-state index in [1.165, 1.54) is 0 Å². The fourth-order valence-electron chi connectivity index (χ4n) is 3.97. The molecule has 40 heavy (non-hydrogen) atoms. The van der Waals surface area contributed by atoms with E-state index < -0.39 is 17.5 Å². The van der Waals surface area contributed by atoms with Crippen molar-refractivity contribution in [3.63, 3.8) is 0 Å². The summed E-state index contributed by atoms with van der Waals surface area (Å²) >= 11 is 6.76. The van der Waals surface area contributed by atoms with E-state index in [2.05, 4.69) is 34.9 Å². The topological polar surface area (TPSA) is 114 Å². The number of carbonyl (C=O) groups is 3. The number of amides is 2. The molecule has 210 valence electrons. The summed E-state index contributed by atoms with van der Waals surface area (Å²) in [6.07, 6.45) is -0.758. The first-order valence-corrected chi connectivity index (χ1v) is 14.2. The monoisotopic (exact) mass is 581 g/mol. The fraction of sp³-hybridized carbons (Fsp3) is 0.310. The Bertz CT molecular complexity index is 1500. The molecule has 0 bridgehead atoms. The summed E-state index contributed by atoms with van der Waals surface area (Å²) in [5.41, 5.74) is 1.77. The van der Waals surface area contributed by atoms with Gasteiger partial charge in [-0.15, -0.1) is 28.0 Å². The van der Waals surface area contributed by atoms with Gasteiger partial charge in [0, 0.05) is 18.2 Å². The first kappa shape index (κ1) is 29.3. The zero-order chi connectivity index (χ0) is 28.9. The third-order valence-electron chi connectivity index (χ3n) is 6.14. The minimum absolute atomic E-state index is 0.00850. The smallest absolute Gasteiger partial charge is 0.436 e. The molecule has 4 rings (SSSR count).